The van der Waals surface area contributed by atoms with Crippen molar-refractivity contribution in [2.45, 2.75) is 6.61 Å². The Morgan fingerprint density at radius 2 is 1.85 bits per heavy atom. The molecule has 0 radical (unpaired) electrons. The van der Waals surface area contributed by atoms with Crippen LogP contribution in [0.4, 0.5) is 0 Å². The van der Waals surface area contributed by atoms with Gasteiger partial charge >= 0.3 is 0 Å². The summed E-state index contributed by atoms with van der Waals surface area (Å²) in [6, 6.07) is 13.5. The molecule has 26 heavy (non-hydrogen) atoms. The van der Waals surface area contributed by atoms with Gasteiger partial charge in [-0.1, -0.05) is 58.2 Å². The van der Waals surface area contributed by atoms with E-state index in [4.69, 9.17) is 44.9 Å². The van der Waals surface area contributed by atoms with E-state index in [0.29, 0.717) is 26.2 Å². The van der Waals surface area contributed by atoms with Gasteiger partial charge in [0.25, 0.3) is 5.91 Å². The van der Waals surface area contributed by atoms with E-state index >= 15 is 0 Å². The van der Waals surface area contributed by atoms with Crippen molar-refractivity contribution in [1.29, 1.82) is 5.26 Å². The highest BCUT2D eigenvalue weighted by atomic mass is 35.5. The largest absolute Gasteiger partial charge is 0.390 e. The smallest absolute Gasteiger partial charge is 0.267 e. The van der Waals surface area contributed by atoms with Gasteiger partial charge in [-0.05, 0) is 35.9 Å². The van der Waals surface area contributed by atoms with Gasteiger partial charge in [0.1, 0.15) is 24.6 Å². The topological polar surface area (TPSA) is 74.5 Å². The number of nitrogens with zero attached hydrogens (tertiary/aromatic N) is 2. The molecule has 0 saturated heterocycles. The number of halogens is 3. The maximum atomic E-state index is 12.0. The first-order valence-electron chi connectivity index (χ1n) is 7.25. The molecule has 0 aliphatic carbocycles. The van der Waals surface area contributed by atoms with Gasteiger partial charge in [-0.25, -0.2) is 0 Å². The van der Waals surface area contributed by atoms with Crippen molar-refractivity contribution in [2.24, 2.45) is 5.16 Å². The van der Waals surface area contributed by atoms with Crippen LogP contribution in [0.1, 0.15) is 11.1 Å². The lowest BCUT2D eigenvalue weighted by atomic mass is 10.1. The number of benzene rings is 2. The molecular formula is C18H12Cl3N3O2. The van der Waals surface area contributed by atoms with Crippen LogP contribution in [0.2, 0.25) is 15.1 Å². The number of amides is 1. The highest BCUT2D eigenvalue weighted by Gasteiger charge is 2.07. The summed E-state index contributed by atoms with van der Waals surface area (Å²) in [4.78, 5) is 17.0. The standard InChI is InChI=1S/C18H12Cl3N3O2/c19-15-4-1-12(2-5-15)7-14(9-22)18(25)23-11-24-26-10-13-3-6-16(20)8-17(13)21/h1-8,11H,10H2,(H,23,24,25). The number of carbonyl (C=O) groups is 1. The molecule has 1 N–H and O–H groups in total. The molecule has 0 bridgehead atoms. The lowest BCUT2D eigenvalue weighted by Gasteiger charge is -2.03. The maximum absolute atomic E-state index is 12.0. The number of carbonyl (C=O) groups excluding carboxylic acids is 1. The van der Waals surface area contributed by atoms with Crippen LogP contribution in [-0.2, 0) is 16.2 Å². The van der Waals surface area contributed by atoms with Crippen molar-refractivity contribution in [3.63, 3.8) is 0 Å². The van der Waals surface area contributed by atoms with E-state index in [-0.39, 0.29) is 12.2 Å². The molecular weight excluding hydrogens is 397 g/mol. The van der Waals surface area contributed by atoms with Gasteiger partial charge < -0.3 is 10.2 Å². The normalized spacial score (nSPS) is 11.2. The molecule has 2 aromatic rings. The Morgan fingerprint density at radius 3 is 2.50 bits per heavy atom. The number of nitriles is 1. The van der Waals surface area contributed by atoms with E-state index in [1.165, 1.54) is 6.08 Å². The Kier molecular flexibility index (Phi) is 7.49. The summed E-state index contributed by atoms with van der Waals surface area (Å²) in [6.07, 6.45) is 2.49. The van der Waals surface area contributed by atoms with Crippen molar-refractivity contribution in [3.05, 3.63) is 74.2 Å². The second-order valence-electron chi connectivity index (χ2n) is 4.94. The summed E-state index contributed by atoms with van der Waals surface area (Å²) >= 11 is 17.6. The van der Waals surface area contributed by atoms with Crippen molar-refractivity contribution in [3.8, 4) is 6.07 Å². The second-order valence-corrected chi connectivity index (χ2v) is 6.22. The monoisotopic (exact) mass is 407 g/mol. The van der Waals surface area contributed by atoms with Crippen LogP contribution in [0.15, 0.2) is 53.2 Å². The van der Waals surface area contributed by atoms with Gasteiger partial charge in [0.05, 0.1) is 0 Å². The summed E-state index contributed by atoms with van der Waals surface area (Å²) in [7, 11) is 0. The molecule has 0 heterocycles. The minimum atomic E-state index is -0.612. The summed E-state index contributed by atoms with van der Waals surface area (Å²) in [5.74, 6) is -0.612. The van der Waals surface area contributed by atoms with Gasteiger partial charge in [-0.2, -0.15) is 5.26 Å². The van der Waals surface area contributed by atoms with Gasteiger partial charge in [-0.3, -0.25) is 4.79 Å². The zero-order valence-electron chi connectivity index (χ0n) is 13.2. The molecule has 0 aromatic heterocycles. The zero-order chi connectivity index (χ0) is 18.9. The van der Waals surface area contributed by atoms with Gasteiger partial charge in [0.15, 0.2) is 0 Å². The van der Waals surface area contributed by atoms with E-state index in [9.17, 15) is 4.79 Å². The number of nitrogens with one attached hydrogen (secondary N) is 1. The molecule has 0 spiro atoms. The van der Waals surface area contributed by atoms with Crippen molar-refractivity contribution in [2.75, 3.05) is 0 Å². The predicted octanol–water partition coefficient (Wildman–Crippen LogP) is 4.83. The highest BCUT2D eigenvalue weighted by Crippen LogP contribution is 2.21. The average Bonchev–Trinajstić information content (AvgIpc) is 2.62. The fourth-order valence-electron chi connectivity index (χ4n) is 1.82. The molecule has 1 amide bonds. The van der Waals surface area contributed by atoms with E-state index in [1.54, 1.807) is 42.5 Å². The van der Waals surface area contributed by atoms with Gasteiger partial charge in [0, 0.05) is 20.6 Å². The summed E-state index contributed by atoms with van der Waals surface area (Å²) in [6.45, 7) is 0.105. The van der Waals surface area contributed by atoms with Gasteiger partial charge in [0.2, 0.25) is 0 Å². The molecule has 132 valence electrons. The van der Waals surface area contributed by atoms with Crippen molar-refractivity contribution < 1.29 is 9.63 Å². The quantitative estimate of drug-likeness (QED) is 0.244. The molecule has 2 rings (SSSR count). The first-order chi connectivity index (χ1) is 12.5. The van der Waals surface area contributed by atoms with Crippen LogP contribution in [0.25, 0.3) is 6.08 Å². The summed E-state index contributed by atoms with van der Waals surface area (Å²) in [5.41, 5.74) is 1.28. The molecule has 0 unspecified atom stereocenters. The maximum Gasteiger partial charge on any atom is 0.267 e. The Balaban J connectivity index is 1.89. The second kappa shape index (κ2) is 9.83. The van der Waals surface area contributed by atoms with Crippen LogP contribution in [0.5, 0.6) is 0 Å². The molecule has 5 nitrogen and oxygen atoms in total. The third kappa shape index (κ3) is 6.08. The minimum absolute atomic E-state index is 0.0838. The summed E-state index contributed by atoms with van der Waals surface area (Å²) < 4.78 is 0. The zero-order valence-corrected chi connectivity index (χ0v) is 15.5. The fourth-order valence-corrected chi connectivity index (χ4v) is 2.41. The predicted molar refractivity (Wildman–Crippen MR) is 103 cm³/mol. The SMILES string of the molecule is N#CC(=Cc1ccc(Cl)cc1)C(=O)NC=NOCc1ccc(Cl)cc1Cl. The van der Waals surface area contributed by atoms with Gasteiger partial charge in [-0.15, -0.1) is 0 Å². The van der Waals surface area contributed by atoms with Crippen LogP contribution >= 0.6 is 34.8 Å². The molecule has 0 aliphatic rings. The third-order valence-corrected chi connectivity index (χ3v) is 3.94. The molecule has 0 fully saturated rings. The Morgan fingerprint density at radius 1 is 1.15 bits per heavy atom. The van der Waals surface area contributed by atoms with Crippen LogP contribution in [0, 0.1) is 11.3 Å². The van der Waals surface area contributed by atoms with Crippen LogP contribution in [-0.4, -0.2) is 12.2 Å². The Hall–Kier alpha value is -2.52. The van der Waals surface area contributed by atoms with E-state index in [0.717, 1.165) is 6.34 Å². The van der Waals surface area contributed by atoms with E-state index in [2.05, 4.69) is 10.5 Å². The summed E-state index contributed by atoms with van der Waals surface area (Å²) in [5, 5.41) is 16.6. The van der Waals surface area contributed by atoms with Crippen LogP contribution in [0.3, 0.4) is 0 Å². The minimum Gasteiger partial charge on any atom is -0.390 e. The highest BCUT2D eigenvalue weighted by molar-refractivity contribution is 6.35. The molecule has 2 aromatic carbocycles. The third-order valence-electron chi connectivity index (χ3n) is 3.10. The number of hydrogen-bond donors (Lipinski definition) is 1. The Bertz CT molecular complexity index is 888. The average molecular weight is 409 g/mol. The Labute approximate surface area is 165 Å². The first-order valence-corrected chi connectivity index (χ1v) is 8.39. The van der Waals surface area contributed by atoms with Crippen molar-refractivity contribution >= 4 is 53.1 Å². The molecule has 0 aliphatic heterocycles. The van der Waals surface area contributed by atoms with E-state index < -0.39 is 5.91 Å². The molecule has 8 heteroatoms. The van der Waals surface area contributed by atoms with Crippen LogP contribution < -0.4 is 5.32 Å². The lowest BCUT2D eigenvalue weighted by molar-refractivity contribution is -0.115. The van der Waals surface area contributed by atoms with E-state index in [1.807, 2.05) is 6.07 Å². The fraction of sp³-hybridized carbons (Fsp3) is 0.0556. The number of oxime groups is 1. The number of hydrogen-bond acceptors (Lipinski definition) is 4. The number of rotatable bonds is 6. The van der Waals surface area contributed by atoms with Crippen molar-refractivity contribution in [1.82, 2.24) is 5.32 Å². The first kappa shape index (κ1) is 19.8. The lowest BCUT2D eigenvalue weighted by Crippen LogP contribution is -2.22. The molecule has 0 atom stereocenters. The molecule has 0 saturated carbocycles.